The van der Waals surface area contributed by atoms with Crippen molar-refractivity contribution in [1.82, 2.24) is 24.3 Å². The lowest BCUT2D eigenvalue weighted by molar-refractivity contribution is -0.0587. The Morgan fingerprint density at radius 3 is 2.87 bits per heavy atom. The van der Waals surface area contributed by atoms with Crippen molar-refractivity contribution < 1.29 is 9.53 Å². The molecule has 0 spiro atoms. The Morgan fingerprint density at radius 2 is 2.17 bits per heavy atom. The molecule has 0 bridgehead atoms. The molecule has 1 amide bonds. The first-order chi connectivity index (χ1) is 11.1. The summed E-state index contributed by atoms with van der Waals surface area (Å²) in [5.41, 5.74) is 1.15. The van der Waals surface area contributed by atoms with E-state index >= 15 is 0 Å². The highest BCUT2D eigenvalue weighted by atomic mass is 32.1. The molecule has 0 saturated carbocycles. The second-order valence-corrected chi connectivity index (χ2v) is 6.64. The van der Waals surface area contributed by atoms with Crippen LogP contribution in [0.25, 0.3) is 16.5 Å². The minimum absolute atomic E-state index is 0.0264. The maximum Gasteiger partial charge on any atom is 0.275 e. The van der Waals surface area contributed by atoms with Gasteiger partial charge in [-0.15, -0.1) is 11.3 Å². The first-order valence-corrected chi connectivity index (χ1v) is 8.41. The molecule has 3 aromatic rings. The largest absolute Gasteiger partial charge is 0.372 e. The maximum atomic E-state index is 13.0. The summed E-state index contributed by atoms with van der Waals surface area (Å²) in [5, 5.41) is 1.95. The molecule has 4 heterocycles. The Balaban J connectivity index is 1.78. The van der Waals surface area contributed by atoms with Gasteiger partial charge in [0.25, 0.3) is 5.91 Å². The number of nitrogens with one attached hydrogen (secondary N) is 1. The smallest absolute Gasteiger partial charge is 0.275 e. The van der Waals surface area contributed by atoms with Crippen molar-refractivity contribution in [3.05, 3.63) is 29.7 Å². The average molecular weight is 331 g/mol. The molecule has 1 saturated heterocycles. The van der Waals surface area contributed by atoms with Crippen LogP contribution in [0.15, 0.2) is 24.0 Å². The highest BCUT2D eigenvalue weighted by Crippen LogP contribution is 2.27. The lowest BCUT2D eigenvalue weighted by Crippen LogP contribution is -2.48. The SMILES string of the molecule is C[C@@H]1CN(C(=O)c2nc3sccn3c2-c2ncc[nH]2)C[C@H](C)O1. The number of hydrogen-bond donors (Lipinski definition) is 1. The summed E-state index contributed by atoms with van der Waals surface area (Å²) in [4.78, 5) is 27.6. The number of H-pyrrole nitrogens is 1. The van der Waals surface area contributed by atoms with E-state index in [1.165, 1.54) is 11.3 Å². The van der Waals surface area contributed by atoms with E-state index in [0.717, 1.165) is 4.96 Å². The minimum atomic E-state index is -0.0747. The molecule has 0 radical (unpaired) electrons. The summed E-state index contributed by atoms with van der Waals surface area (Å²) in [6.45, 7) is 5.11. The Morgan fingerprint density at radius 1 is 1.39 bits per heavy atom. The monoisotopic (exact) mass is 331 g/mol. The molecule has 0 aliphatic carbocycles. The highest BCUT2D eigenvalue weighted by Gasteiger charge is 2.31. The molecule has 0 unspecified atom stereocenters. The van der Waals surface area contributed by atoms with Gasteiger partial charge in [-0.3, -0.25) is 9.20 Å². The Bertz CT molecular complexity index is 827. The third-order valence-corrected chi connectivity index (χ3v) is 4.65. The van der Waals surface area contributed by atoms with Gasteiger partial charge in [0.2, 0.25) is 0 Å². The van der Waals surface area contributed by atoms with Gasteiger partial charge in [0.15, 0.2) is 16.5 Å². The maximum absolute atomic E-state index is 13.0. The summed E-state index contributed by atoms with van der Waals surface area (Å²) < 4.78 is 7.62. The van der Waals surface area contributed by atoms with Crippen LogP contribution in [0.5, 0.6) is 0 Å². The fraction of sp³-hybridized carbons (Fsp3) is 0.400. The summed E-state index contributed by atoms with van der Waals surface area (Å²) in [6.07, 6.45) is 5.38. The predicted molar refractivity (Wildman–Crippen MR) is 86.6 cm³/mol. The summed E-state index contributed by atoms with van der Waals surface area (Å²) in [6, 6.07) is 0. The normalized spacial score (nSPS) is 21.9. The van der Waals surface area contributed by atoms with E-state index in [4.69, 9.17) is 4.74 Å². The van der Waals surface area contributed by atoms with Crippen LogP contribution in [0, 0.1) is 0 Å². The van der Waals surface area contributed by atoms with Gasteiger partial charge in [-0.25, -0.2) is 9.97 Å². The second kappa shape index (κ2) is 5.47. The molecule has 2 atom stereocenters. The molecule has 120 valence electrons. The molecule has 1 aliphatic heterocycles. The predicted octanol–water partition coefficient (Wildman–Crippen LogP) is 2.04. The van der Waals surface area contributed by atoms with E-state index in [-0.39, 0.29) is 18.1 Å². The van der Waals surface area contributed by atoms with Crippen LogP contribution in [0.1, 0.15) is 24.3 Å². The van der Waals surface area contributed by atoms with Crippen LogP contribution in [0.3, 0.4) is 0 Å². The lowest BCUT2D eigenvalue weighted by atomic mass is 10.2. The fourth-order valence-corrected chi connectivity index (χ4v) is 3.76. The van der Waals surface area contributed by atoms with Crippen LogP contribution in [-0.2, 0) is 4.74 Å². The van der Waals surface area contributed by atoms with Crippen molar-refractivity contribution in [1.29, 1.82) is 0 Å². The number of carbonyl (C=O) groups excluding carboxylic acids is 1. The number of nitrogens with zero attached hydrogens (tertiary/aromatic N) is 4. The zero-order valence-corrected chi connectivity index (χ0v) is 13.7. The van der Waals surface area contributed by atoms with Crippen LogP contribution >= 0.6 is 11.3 Å². The Hall–Kier alpha value is -2.19. The first-order valence-electron chi connectivity index (χ1n) is 7.53. The van der Waals surface area contributed by atoms with Crippen molar-refractivity contribution >= 4 is 22.2 Å². The third-order valence-electron chi connectivity index (χ3n) is 3.89. The van der Waals surface area contributed by atoms with Gasteiger partial charge in [-0.2, -0.15) is 0 Å². The molecular weight excluding hydrogens is 314 g/mol. The molecule has 8 heteroatoms. The van der Waals surface area contributed by atoms with Crippen molar-refractivity contribution in [2.24, 2.45) is 0 Å². The molecule has 1 aliphatic rings. The number of ether oxygens (including phenoxy) is 1. The second-order valence-electron chi connectivity index (χ2n) is 5.77. The molecule has 1 fully saturated rings. The molecular formula is C15H17N5O2S. The Kier molecular flexibility index (Phi) is 3.42. The van der Waals surface area contributed by atoms with Crippen LogP contribution in [-0.4, -0.2) is 55.5 Å². The number of carbonyl (C=O) groups is 1. The van der Waals surface area contributed by atoms with E-state index < -0.39 is 0 Å². The number of hydrogen-bond acceptors (Lipinski definition) is 5. The topological polar surface area (TPSA) is 75.5 Å². The van der Waals surface area contributed by atoms with Gasteiger partial charge in [0.1, 0.15) is 5.69 Å². The van der Waals surface area contributed by atoms with E-state index in [2.05, 4.69) is 15.0 Å². The van der Waals surface area contributed by atoms with Gasteiger partial charge in [-0.05, 0) is 13.8 Å². The zero-order valence-electron chi connectivity index (χ0n) is 12.9. The number of aromatic amines is 1. The molecule has 4 rings (SSSR count). The van der Waals surface area contributed by atoms with E-state index in [9.17, 15) is 4.79 Å². The highest BCUT2D eigenvalue weighted by molar-refractivity contribution is 7.15. The molecule has 1 N–H and O–H groups in total. The fourth-order valence-electron chi connectivity index (χ4n) is 3.05. The standard InChI is InChI=1S/C15H17N5O2S/c1-9-7-19(8-10(2)22-9)14(21)11-12(13-16-3-4-17-13)20-5-6-23-15(20)18-11/h3-6,9-10H,7-8H2,1-2H3,(H,16,17)/t9-,10+. The molecule has 7 nitrogen and oxygen atoms in total. The van der Waals surface area contributed by atoms with E-state index in [0.29, 0.717) is 30.3 Å². The van der Waals surface area contributed by atoms with Crippen LogP contribution in [0.2, 0.25) is 0 Å². The molecule has 3 aromatic heterocycles. The quantitative estimate of drug-likeness (QED) is 0.780. The van der Waals surface area contributed by atoms with E-state index in [1.807, 2.05) is 34.7 Å². The van der Waals surface area contributed by atoms with Crippen LogP contribution in [0.4, 0.5) is 0 Å². The minimum Gasteiger partial charge on any atom is -0.372 e. The van der Waals surface area contributed by atoms with Crippen molar-refractivity contribution in [2.45, 2.75) is 26.1 Å². The third kappa shape index (κ3) is 2.43. The number of aromatic nitrogens is 4. The number of rotatable bonds is 2. The lowest BCUT2D eigenvalue weighted by Gasteiger charge is -2.35. The van der Waals surface area contributed by atoms with Gasteiger partial charge < -0.3 is 14.6 Å². The summed E-state index contributed by atoms with van der Waals surface area (Å²) in [7, 11) is 0. The number of thiazole rings is 1. The van der Waals surface area contributed by atoms with Crippen molar-refractivity contribution in [2.75, 3.05) is 13.1 Å². The number of morpholine rings is 1. The first kappa shape index (κ1) is 14.4. The van der Waals surface area contributed by atoms with Crippen molar-refractivity contribution in [3.8, 4) is 11.5 Å². The van der Waals surface area contributed by atoms with Gasteiger partial charge >= 0.3 is 0 Å². The van der Waals surface area contributed by atoms with Crippen LogP contribution < -0.4 is 0 Å². The van der Waals surface area contributed by atoms with Gasteiger partial charge in [0, 0.05) is 37.1 Å². The summed E-state index contributed by atoms with van der Waals surface area (Å²) >= 11 is 1.50. The summed E-state index contributed by atoms with van der Waals surface area (Å²) in [5.74, 6) is 0.572. The number of fused-ring (bicyclic) bond motifs is 1. The van der Waals surface area contributed by atoms with Gasteiger partial charge in [0.05, 0.1) is 12.2 Å². The molecule has 23 heavy (non-hydrogen) atoms. The number of imidazole rings is 2. The zero-order chi connectivity index (χ0) is 16.0. The van der Waals surface area contributed by atoms with E-state index in [1.54, 1.807) is 12.4 Å². The molecule has 0 aromatic carbocycles. The average Bonchev–Trinajstić information content (AvgIpc) is 3.21. The Labute approximate surface area is 136 Å². The van der Waals surface area contributed by atoms with Crippen molar-refractivity contribution in [3.63, 3.8) is 0 Å². The number of amides is 1. The van der Waals surface area contributed by atoms with Gasteiger partial charge in [-0.1, -0.05) is 0 Å².